The molecule has 5 nitrogen and oxygen atoms in total. The number of amides is 1. The van der Waals surface area contributed by atoms with Gasteiger partial charge in [0.1, 0.15) is 11.5 Å². The molecule has 0 fully saturated rings. The normalized spacial score (nSPS) is 9.92. The number of hydrogen-bond acceptors (Lipinski definition) is 4. The second kappa shape index (κ2) is 9.53. The third kappa shape index (κ3) is 5.83. The number of nitrogens with two attached hydrogens (primary N) is 1. The molecule has 7 heteroatoms. The molecule has 0 aliphatic heterocycles. The third-order valence-corrected chi connectivity index (χ3v) is 4.14. The summed E-state index contributed by atoms with van der Waals surface area (Å²) in [5, 5.41) is 2.86. The van der Waals surface area contributed by atoms with Crippen molar-refractivity contribution in [1.29, 1.82) is 0 Å². The van der Waals surface area contributed by atoms with Crippen LogP contribution in [0.2, 0.25) is 0 Å². The van der Waals surface area contributed by atoms with Crippen molar-refractivity contribution >= 4 is 45.6 Å². The molecule has 25 heavy (non-hydrogen) atoms. The summed E-state index contributed by atoms with van der Waals surface area (Å²) < 4.78 is 11.4. The van der Waals surface area contributed by atoms with Crippen molar-refractivity contribution in [2.45, 2.75) is 19.8 Å². The number of rotatable bonds is 6. The van der Waals surface area contributed by atoms with E-state index in [0.717, 1.165) is 15.6 Å². The minimum atomic E-state index is -0.0963. The van der Waals surface area contributed by atoms with Gasteiger partial charge in [-0.05, 0) is 48.7 Å². The first-order valence-corrected chi connectivity index (χ1v) is 8.29. The van der Waals surface area contributed by atoms with E-state index in [1.165, 1.54) is 0 Å². The van der Waals surface area contributed by atoms with Gasteiger partial charge in [0.05, 0.1) is 25.6 Å². The van der Waals surface area contributed by atoms with Gasteiger partial charge in [-0.2, -0.15) is 0 Å². The molecule has 136 valence electrons. The van der Waals surface area contributed by atoms with E-state index in [0.29, 0.717) is 35.7 Å². The number of anilines is 2. The summed E-state index contributed by atoms with van der Waals surface area (Å²) in [6.07, 6.45) is 0.910. The van der Waals surface area contributed by atoms with Gasteiger partial charge in [-0.3, -0.25) is 4.79 Å². The van der Waals surface area contributed by atoms with Gasteiger partial charge >= 0.3 is 0 Å². The van der Waals surface area contributed by atoms with Gasteiger partial charge in [0, 0.05) is 17.0 Å². The van der Waals surface area contributed by atoms with Crippen LogP contribution in [0.4, 0.5) is 11.4 Å². The Balaban J connectivity index is 0.00000312. The zero-order valence-corrected chi connectivity index (χ0v) is 16.8. The van der Waals surface area contributed by atoms with Crippen molar-refractivity contribution in [2.75, 3.05) is 25.3 Å². The van der Waals surface area contributed by atoms with Gasteiger partial charge in [-0.1, -0.05) is 15.9 Å². The number of halogens is 2. The largest absolute Gasteiger partial charge is 0.497 e. The molecule has 1 amide bonds. The number of carbonyl (C=O) groups excluding carboxylic acids is 1. The Hall–Kier alpha value is -1.92. The molecule has 0 aliphatic carbocycles. The number of benzene rings is 2. The Morgan fingerprint density at radius 1 is 1.12 bits per heavy atom. The number of carbonyl (C=O) groups is 1. The molecule has 0 aromatic heterocycles. The minimum absolute atomic E-state index is 0. The molecule has 0 heterocycles. The molecule has 3 N–H and O–H groups in total. The smallest absolute Gasteiger partial charge is 0.224 e. The molecule has 0 atom stereocenters. The van der Waals surface area contributed by atoms with Crippen LogP contribution in [0.15, 0.2) is 34.8 Å². The van der Waals surface area contributed by atoms with Crippen LogP contribution in [0, 0.1) is 6.92 Å². The first kappa shape index (κ1) is 21.1. The monoisotopic (exact) mass is 428 g/mol. The molecule has 0 bridgehead atoms. The molecular formula is C18H22BrClN2O3. The van der Waals surface area contributed by atoms with E-state index in [-0.39, 0.29) is 18.3 Å². The maximum absolute atomic E-state index is 12.2. The van der Waals surface area contributed by atoms with E-state index in [9.17, 15) is 4.79 Å². The van der Waals surface area contributed by atoms with Gasteiger partial charge in [-0.25, -0.2) is 0 Å². The third-order valence-electron chi connectivity index (χ3n) is 3.68. The lowest BCUT2D eigenvalue weighted by atomic mass is 10.1. The van der Waals surface area contributed by atoms with Crippen LogP contribution >= 0.6 is 28.3 Å². The van der Waals surface area contributed by atoms with E-state index in [1.807, 2.05) is 25.1 Å². The van der Waals surface area contributed by atoms with Crippen molar-refractivity contribution < 1.29 is 14.3 Å². The summed E-state index contributed by atoms with van der Waals surface area (Å²) >= 11 is 3.41. The number of hydrogen-bond donors (Lipinski definition) is 2. The van der Waals surface area contributed by atoms with Crippen molar-refractivity contribution in [1.82, 2.24) is 0 Å². The quantitative estimate of drug-likeness (QED) is 0.670. The molecule has 0 aliphatic rings. The summed E-state index contributed by atoms with van der Waals surface area (Å²) in [6.45, 7) is 1.90. The second-order valence-corrected chi connectivity index (χ2v) is 6.37. The molecule has 2 rings (SSSR count). The Labute approximate surface area is 162 Å². The zero-order valence-electron chi connectivity index (χ0n) is 14.4. The fourth-order valence-corrected chi connectivity index (χ4v) is 2.91. The first-order chi connectivity index (χ1) is 11.4. The lowest BCUT2D eigenvalue weighted by Crippen LogP contribution is -2.14. The second-order valence-electron chi connectivity index (χ2n) is 5.45. The van der Waals surface area contributed by atoms with E-state index in [4.69, 9.17) is 15.2 Å². The summed E-state index contributed by atoms with van der Waals surface area (Å²) in [4.78, 5) is 12.2. The zero-order chi connectivity index (χ0) is 17.7. The number of ether oxygens (including phenoxy) is 2. The highest BCUT2D eigenvalue weighted by molar-refractivity contribution is 9.10. The van der Waals surface area contributed by atoms with Crippen molar-refractivity contribution in [2.24, 2.45) is 0 Å². The number of aryl methyl sites for hydroxylation is 2. The highest BCUT2D eigenvalue weighted by atomic mass is 79.9. The van der Waals surface area contributed by atoms with Gasteiger partial charge < -0.3 is 20.5 Å². The van der Waals surface area contributed by atoms with Crippen LogP contribution in [0.25, 0.3) is 0 Å². The van der Waals surface area contributed by atoms with Crippen LogP contribution in [0.1, 0.15) is 17.5 Å². The predicted molar refractivity (Wildman–Crippen MR) is 107 cm³/mol. The summed E-state index contributed by atoms with van der Waals surface area (Å²) in [7, 11) is 3.20. The fraction of sp³-hybridized carbons (Fsp3) is 0.278. The van der Waals surface area contributed by atoms with Crippen LogP contribution in [-0.4, -0.2) is 20.1 Å². The summed E-state index contributed by atoms with van der Waals surface area (Å²) in [5.41, 5.74) is 9.10. The predicted octanol–water partition coefficient (Wildman–Crippen LogP) is 4.35. The Bertz CT molecular complexity index is 731. The molecular weight excluding hydrogens is 408 g/mol. The van der Waals surface area contributed by atoms with E-state index in [2.05, 4.69) is 21.2 Å². The minimum Gasteiger partial charge on any atom is -0.497 e. The van der Waals surface area contributed by atoms with Crippen molar-refractivity contribution in [3.8, 4) is 11.5 Å². The Morgan fingerprint density at radius 2 is 1.72 bits per heavy atom. The number of nitrogen functional groups attached to an aromatic ring is 1. The average molecular weight is 430 g/mol. The number of methoxy groups -OCH3 is 2. The van der Waals surface area contributed by atoms with E-state index < -0.39 is 0 Å². The number of nitrogens with one attached hydrogen (secondary N) is 1. The summed E-state index contributed by atoms with van der Waals surface area (Å²) in [6, 6.07) is 9.30. The lowest BCUT2D eigenvalue weighted by molar-refractivity contribution is -0.116. The van der Waals surface area contributed by atoms with Gasteiger partial charge in [0.25, 0.3) is 0 Å². The van der Waals surface area contributed by atoms with Gasteiger partial charge in [-0.15, -0.1) is 12.4 Å². The molecule has 0 saturated heterocycles. The maximum Gasteiger partial charge on any atom is 0.224 e. The molecule has 0 unspecified atom stereocenters. The van der Waals surface area contributed by atoms with E-state index in [1.54, 1.807) is 26.4 Å². The van der Waals surface area contributed by atoms with Crippen LogP contribution in [-0.2, 0) is 11.2 Å². The average Bonchev–Trinajstić information content (AvgIpc) is 2.57. The fourth-order valence-electron chi connectivity index (χ4n) is 2.34. The Morgan fingerprint density at radius 3 is 2.28 bits per heavy atom. The lowest BCUT2D eigenvalue weighted by Gasteiger charge is -2.12. The van der Waals surface area contributed by atoms with Gasteiger partial charge in [0.2, 0.25) is 5.91 Å². The summed E-state index contributed by atoms with van der Waals surface area (Å²) in [5.74, 6) is 1.31. The molecule has 0 spiro atoms. The topological polar surface area (TPSA) is 73.6 Å². The standard InChI is InChI=1S/C18H21BrN2O3.ClH/c1-11-6-13(19)9-16(18(11)20)21-17(22)5-4-12-7-14(23-2)10-15(8-12)24-3;/h6-10H,4-5,20H2,1-3H3,(H,21,22);1H. The van der Waals surface area contributed by atoms with Crippen LogP contribution in [0.5, 0.6) is 11.5 Å². The van der Waals surface area contributed by atoms with E-state index >= 15 is 0 Å². The molecule has 2 aromatic carbocycles. The van der Waals surface area contributed by atoms with Crippen molar-refractivity contribution in [3.05, 3.63) is 45.9 Å². The highest BCUT2D eigenvalue weighted by Crippen LogP contribution is 2.28. The molecule has 0 saturated carbocycles. The molecule has 2 aromatic rings. The maximum atomic E-state index is 12.2. The Kier molecular flexibility index (Phi) is 8.06. The van der Waals surface area contributed by atoms with Gasteiger partial charge in [0.15, 0.2) is 0 Å². The highest BCUT2D eigenvalue weighted by Gasteiger charge is 2.10. The van der Waals surface area contributed by atoms with Crippen molar-refractivity contribution in [3.63, 3.8) is 0 Å². The van der Waals surface area contributed by atoms with Crippen LogP contribution in [0.3, 0.4) is 0 Å². The molecule has 0 radical (unpaired) electrons. The SMILES string of the molecule is COc1cc(CCC(=O)Nc2cc(Br)cc(C)c2N)cc(OC)c1.Cl. The first-order valence-electron chi connectivity index (χ1n) is 7.50. The van der Waals surface area contributed by atoms with Crippen LogP contribution < -0.4 is 20.5 Å².